The Labute approximate surface area is 196 Å². The summed E-state index contributed by atoms with van der Waals surface area (Å²) in [5, 5.41) is 0. The molecule has 0 N–H and O–H groups in total. The van der Waals surface area contributed by atoms with E-state index in [2.05, 4.69) is 0 Å². The third-order valence-corrected chi connectivity index (χ3v) is 6.77. The van der Waals surface area contributed by atoms with Crippen molar-refractivity contribution in [2.24, 2.45) is 0 Å². The number of rotatable bonds is 9. The Morgan fingerprint density at radius 3 is 2.12 bits per heavy atom. The third-order valence-electron chi connectivity index (χ3n) is 4.98. The highest BCUT2D eigenvalue weighted by atomic mass is 32.2. The first-order valence-corrected chi connectivity index (χ1v) is 11.4. The molecule has 0 saturated heterocycles. The van der Waals surface area contributed by atoms with Gasteiger partial charge in [0.25, 0.3) is 10.0 Å². The zero-order valence-corrected chi connectivity index (χ0v) is 19.5. The van der Waals surface area contributed by atoms with Crippen LogP contribution in [0.5, 0.6) is 11.5 Å². The quantitative estimate of drug-likeness (QED) is 0.335. The van der Waals surface area contributed by atoms with Gasteiger partial charge in [0.2, 0.25) is 0 Å². The summed E-state index contributed by atoms with van der Waals surface area (Å²) in [4.78, 5) is 24.4. The molecule has 0 unspecified atom stereocenters. The highest BCUT2D eigenvalue weighted by Gasteiger charge is 2.24. The number of hydrogen-bond donors (Lipinski definition) is 0. The number of para-hydroxylation sites is 2. The van der Waals surface area contributed by atoms with Crippen LogP contribution in [-0.2, 0) is 14.8 Å². The van der Waals surface area contributed by atoms with Gasteiger partial charge in [-0.25, -0.2) is 17.6 Å². The van der Waals surface area contributed by atoms with Crippen LogP contribution in [-0.4, -0.2) is 48.0 Å². The lowest BCUT2D eigenvalue weighted by atomic mass is 10.1. The fraction of sp³-hybridized carbons (Fsp3) is 0.167. The van der Waals surface area contributed by atoms with Gasteiger partial charge >= 0.3 is 5.97 Å². The van der Waals surface area contributed by atoms with Gasteiger partial charge in [0.15, 0.2) is 24.0 Å². The van der Waals surface area contributed by atoms with E-state index >= 15 is 0 Å². The van der Waals surface area contributed by atoms with Crippen molar-refractivity contribution in [2.75, 3.05) is 32.2 Å². The van der Waals surface area contributed by atoms with Crippen LogP contribution in [0.1, 0.15) is 20.7 Å². The zero-order valence-electron chi connectivity index (χ0n) is 18.6. The maximum absolute atomic E-state index is 13.8. The molecule has 0 heterocycles. The fourth-order valence-corrected chi connectivity index (χ4v) is 4.28. The summed E-state index contributed by atoms with van der Waals surface area (Å²) >= 11 is 0. The van der Waals surface area contributed by atoms with Crippen LogP contribution in [0.25, 0.3) is 0 Å². The second-order valence-electron chi connectivity index (χ2n) is 7.02. The number of benzene rings is 3. The molecule has 8 nitrogen and oxygen atoms in total. The lowest BCUT2D eigenvalue weighted by molar-refractivity contribution is 0.0474. The van der Waals surface area contributed by atoms with E-state index in [1.807, 2.05) is 0 Å². The van der Waals surface area contributed by atoms with Crippen LogP contribution in [0.4, 0.5) is 10.1 Å². The van der Waals surface area contributed by atoms with E-state index < -0.39 is 34.2 Å². The molecule has 0 bridgehead atoms. The average Bonchev–Trinajstić information content (AvgIpc) is 2.86. The first-order valence-electron chi connectivity index (χ1n) is 9.95. The number of methoxy groups -OCH3 is 2. The number of nitrogens with zero attached hydrogens (tertiary/aromatic N) is 1. The first-order chi connectivity index (χ1) is 16.2. The topological polar surface area (TPSA) is 99.2 Å². The Hall–Kier alpha value is -3.92. The molecule has 178 valence electrons. The number of anilines is 1. The van der Waals surface area contributed by atoms with Crippen molar-refractivity contribution in [3.8, 4) is 11.5 Å². The molecule has 3 rings (SSSR count). The molecular formula is C24H22FNO7S. The van der Waals surface area contributed by atoms with Gasteiger partial charge in [0.1, 0.15) is 5.75 Å². The highest BCUT2D eigenvalue weighted by Crippen LogP contribution is 2.31. The van der Waals surface area contributed by atoms with Gasteiger partial charge in [-0.1, -0.05) is 12.1 Å². The molecule has 10 heteroatoms. The molecule has 3 aromatic carbocycles. The Balaban J connectivity index is 1.69. The largest absolute Gasteiger partial charge is 0.495 e. The number of ketones is 1. The Kier molecular flexibility index (Phi) is 7.52. The highest BCUT2D eigenvalue weighted by molar-refractivity contribution is 7.92. The molecule has 0 fully saturated rings. The molecule has 0 amide bonds. The predicted octanol–water partition coefficient (Wildman–Crippen LogP) is 3.71. The van der Waals surface area contributed by atoms with Crippen LogP contribution >= 0.6 is 0 Å². The lowest BCUT2D eigenvalue weighted by Gasteiger charge is -2.21. The van der Waals surface area contributed by atoms with Gasteiger partial charge in [-0.3, -0.25) is 9.10 Å². The minimum Gasteiger partial charge on any atom is -0.495 e. The number of Topliss-reactive ketones (excluding diaryl/α,β-unsaturated/α-hetero) is 1. The standard InChI is InChI=1S/C24H22FNO7S/c1-26(20-6-4-5-7-23(20)32-3)34(29,30)18-11-8-16(9-12-18)24(28)33-15-21(27)17-10-13-22(31-2)19(25)14-17/h4-14H,15H2,1-3H3. The first kappa shape index (κ1) is 24.7. The van der Waals surface area contributed by atoms with E-state index in [0.29, 0.717) is 11.4 Å². The number of halogens is 1. The average molecular weight is 488 g/mol. The van der Waals surface area contributed by atoms with Gasteiger partial charge in [-0.05, 0) is 54.6 Å². The monoisotopic (exact) mass is 487 g/mol. The number of hydrogen-bond acceptors (Lipinski definition) is 7. The maximum atomic E-state index is 13.8. The molecule has 0 saturated carbocycles. The number of carbonyl (C=O) groups is 2. The van der Waals surface area contributed by atoms with E-state index in [9.17, 15) is 22.4 Å². The SMILES string of the molecule is COc1ccc(C(=O)COC(=O)c2ccc(S(=O)(=O)N(C)c3ccccc3OC)cc2)cc1F. The van der Waals surface area contributed by atoms with Gasteiger partial charge in [-0.15, -0.1) is 0 Å². The van der Waals surface area contributed by atoms with E-state index in [0.717, 1.165) is 10.4 Å². The second-order valence-corrected chi connectivity index (χ2v) is 8.99. The second kappa shape index (κ2) is 10.3. The minimum atomic E-state index is -3.94. The smallest absolute Gasteiger partial charge is 0.338 e. The van der Waals surface area contributed by atoms with Crippen LogP contribution in [0.15, 0.2) is 71.6 Å². The third kappa shape index (κ3) is 5.18. The van der Waals surface area contributed by atoms with Gasteiger partial charge in [0.05, 0.1) is 30.4 Å². The van der Waals surface area contributed by atoms with Crippen LogP contribution in [0, 0.1) is 5.82 Å². The summed E-state index contributed by atoms with van der Waals surface area (Å²) in [5.74, 6) is -1.78. The summed E-state index contributed by atoms with van der Waals surface area (Å²) in [6.45, 7) is -0.610. The van der Waals surface area contributed by atoms with Crippen molar-refractivity contribution >= 4 is 27.5 Å². The van der Waals surface area contributed by atoms with E-state index in [1.54, 1.807) is 24.3 Å². The molecule has 34 heavy (non-hydrogen) atoms. The fourth-order valence-electron chi connectivity index (χ4n) is 3.08. The summed E-state index contributed by atoms with van der Waals surface area (Å²) in [6, 6.07) is 15.4. The number of esters is 1. The maximum Gasteiger partial charge on any atom is 0.338 e. The molecule has 0 aliphatic heterocycles. The summed E-state index contributed by atoms with van der Waals surface area (Å²) in [5.41, 5.74) is 0.418. The van der Waals surface area contributed by atoms with Crippen molar-refractivity contribution in [3.63, 3.8) is 0 Å². The number of carbonyl (C=O) groups excluding carboxylic acids is 2. The molecule has 0 radical (unpaired) electrons. The molecule has 0 aromatic heterocycles. The Bertz CT molecular complexity index is 1310. The zero-order chi connectivity index (χ0) is 24.9. The number of ether oxygens (including phenoxy) is 3. The predicted molar refractivity (Wildman–Crippen MR) is 123 cm³/mol. The van der Waals surface area contributed by atoms with Gasteiger partial charge < -0.3 is 14.2 Å². The van der Waals surface area contributed by atoms with E-state index in [4.69, 9.17) is 14.2 Å². The normalized spacial score (nSPS) is 10.9. The van der Waals surface area contributed by atoms with Crippen molar-refractivity contribution in [3.05, 3.63) is 83.7 Å². The van der Waals surface area contributed by atoms with Crippen LogP contribution in [0.2, 0.25) is 0 Å². The lowest BCUT2D eigenvalue weighted by Crippen LogP contribution is -2.27. The summed E-state index contributed by atoms with van der Waals surface area (Å²) < 4.78 is 55.9. The van der Waals surface area contributed by atoms with Gasteiger partial charge in [-0.2, -0.15) is 0 Å². The molecular weight excluding hydrogens is 465 g/mol. The van der Waals surface area contributed by atoms with Crippen molar-refractivity contribution in [1.82, 2.24) is 0 Å². The van der Waals surface area contributed by atoms with E-state index in [1.165, 1.54) is 57.7 Å². The number of sulfonamides is 1. The van der Waals surface area contributed by atoms with Crippen LogP contribution < -0.4 is 13.8 Å². The molecule has 0 aliphatic rings. The Morgan fingerprint density at radius 1 is 0.882 bits per heavy atom. The summed E-state index contributed by atoms with van der Waals surface area (Å²) in [7, 11) is 0.195. The Morgan fingerprint density at radius 2 is 1.50 bits per heavy atom. The molecule has 0 spiro atoms. The molecule has 3 aromatic rings. The van der Waals surface area contributed by atoms with Crippen molar-refractivity contribution in [1.29, 1.82) is 0 Å². The van der Waals surface area contributed by atoms with Gasteiger partial charge in [0, 0.05) is 12.6 Å². The van der Waals surface area contributed by atoms with Crippen molar-refractivity contribution < 1.29 is 36.6 Å². The van der Waals surface area contributed by atoms with E-state index in [-0.39, 0.29) is 21.8 Å². The summed E-state index contributed by atoms with van der Waals surface area (Å²) in [6.07, 6.45) is 0. The minimum absolute atomic E-state index is 0.0139. The molecule has 0 aliphatic carbocycles. The van der Waals surface area contributed by atoms with Crippen molar-refractivity contribution in [2.45, 2.75) is 4.90 Å². The van der Waals surface area contributed by atoms with Crippen LogP contribution in [0.3, 0.4) is 0 Å². The molecule has 0 atom stereocenters.